The monoisotopic (exact) mass is 306 g/mol. The Balaban J connectivity index is 2.58. The minimum absolute atomic E-state index is 0.0342. The standard InChI is InChI=1S/C12H12ClFO4S/c1-2-17-12(16)6-5-8(19-14)11-9(10(6)13)7(15)3-4-18-11/h5,7,15H,2-4H2,1H3. The molecule has 4 nitrogen and oxygen atoms in total. The molecule has 1 unspecified atom stereocenters. The van der Waals surface area contributed by atoms with Crippen molar-refractivity contribution in [3.05, 3.63) is 22.2 Å². The van der Waals surface area contributed by atoms with Crippen LogP contribution in [0, 0.1) is 0 Å². The zero-order valence-corrected chi connectivity index (χ0v) is 11.7. The number of hydrogen-bond donors (Lipinski definition) is 1. The fraction of sp³-hybridized carbons (Fsp3) is 0.417. The van der Waals surface area contributed by atoms with Crippen LogP contribution in [0.5, 0.6) is 5.75 Å². The van der Waals surface area contributed by atoms with E-state index in [4.69, 9.17) is 21.1 Å². The molecule has 1 aliphatic heterocycles. The quantitative estimate of drug-likeness (QED) is 0.868. The first kappa shape index (κ1) is 14.4. The van der Waals surface area contributed by atoms with Gasteiger partial charge in [-0.25, -0.2) is 4.79 Å². The molecule has 1 heterocycles. The Morgan fingerprint density at radius 2 is 2.47 bits per heavy atom. The molecular formula is C12H12ClFO4S. The highest BCUT2D eigenvalue weighted by Gasteiger charge is 2.30. The van der Waals surface area contributed by atoms with E-state index in [1.165, 1.54) is 6.07 Å². The minimum Gasteiger partial charge on any atom is -0.492 e. The summed E-state index contributed by atoms with van der Waals surface area (Å²) >= 11 is 6.05. The molecule has 104 valence electrons. The van der Waals surface area contributed by atoms with E-state index in [0.717, 1.165) is 0 Å². The molecule has 0 aromatic heterocycles. The number of benzene rings is 1. The van der Waals surface area contributed by atoms with Gasteiger partial charge in [0.1, 0.15) is 5.75 Å². The van der Waals surface area contributed by atoms with Crippen molar-refractivity contribution >= 4 is 29.7 Å². The SMILES string of the molecule is CCOC(=O)c1cc(SF)c2c(c1Cl)C(O)CCO2. The highest BCUT2D eigenvalue weighted by Crippen LogP contribution is 2.45. The Labute approximate surface area is 119 Å². The van der Waals surface area contributed by atoms with Crippen LogP contribution in [-0.4, -0.2) is 24.3 Å². The molecule has 1 aromatic carbocycles. The zero-order chi connectivity index (χ0) is 14.0. The molecule has 1 aliphatic rings. The molecule has 0 bridgehead atoms. The lowest BCUT2D eigenvalue weighted by Gasteiger charge is -2.25. The maximum absolute atomic E-state index is 13.0. The Kier molecular flexibility index (Phi) is 4.54. The summed E-state index contributed by atoms with van der Waals surface area (Å²) in [5.41, 5.74) is 0.283. The van der Waals surface area contributed by atoms with Crippen molar-refractivity contribution in [3.63, 3.8) is 0 Å². The van der Waals surface area contributed by atoms with Crippen LogP contribution in [0.25, 0.3) is 0 Å². The van der Waals surface area contributed by atoms with E-state index in [9.17, 15) is 13.8 Å². The van der Waals surface area contributed by atoms with Crippen molar-refractivity contribution in [1.29, 1.82) is 0 Å². The average molecular weight is 307 g/mol. The summed E-state index contributed by atoms with van der Waals surface area (Å²) in [7, 11) is 0. The van der Waals surface area contributed by atoms with Crippen molar-refractivity contribution in [2.45, 2.75) is 24.3 Å². The third kappa shape index (κ3) is 2.66. The summed E-state index contributed by atoms with van der Waals surface area (Å²) in [6, 6.07) is 1.28. The maximum atomic E-state index is 13.0. The summed E-state index contributed by atoms with van der Waals surface area (Å²) in [4.78, 5) is 11.9. The highest BCUT2D eigenvalue weighted by atomic mass is 35.5. The molecule has 0 amide bonds. The van der Waals surface area contributed by atoms with E-state index < -0.39 is 12.1 Å². The second-order valence-corrected chi connectivity index (χ2v) is 4.90. The summed E-state index contributed by atoms with van der Waals surface area (Å²) in [5.74, 6) is -0.451. The van der Waals surface area contributed by atoms with Gasteiger partial charge in [0.05, 0.1) is 46.9 Å². The predicted molar refractivity (Wildman–Crippen MR) is 69.4 cm³/mol. The van der Waals surface area contributed by atoms with Gasteiger partial charge in [0, 0.05) is 12.0 Å². The van der Waals surface area contributed by atoms with E-state index in [2.05, 4.69) is 0 Å². The number of aliphatic hydroxyl groups is 1. The molecule has 19 heavy (non-hydrogen) atoms. The number of aliphatic hydroxyl groups excluding tert-OH is 1. The van der Waals surface area contributed by atoms with Crippen molar-refractivity contribution in [2.24, 2.45) is 0 Å². The number of rotatable bonds is 3. The van der Waals surface area contributed by atoms with Gasteiger partial charge in [-0.15, -0.1) is 0 Å². The molecule has 0 spiro atoms. The van der Waals surface area contributed by atoms with Crippen molar-refractivity contribution in [1.82, 2.24) is 0 Å². The van der Waals surface area contributed by atoms with Gasteiger partial charge < -0.3 is 14.6 Å². The minimum atomic E-state index is -0.878. The van der Waals surface area contributed by atoms with Crippen LogP contribution >= 0.6 is 23.7 Å². The first-order valence-electron chi connectivity index (χ1n) is 5.73. The van der Waals surface area contributed by atoms with Crippen LogP contribution in [0.4, 0.5) is 3.89 Å². The summed E-state index contributed by atoms with van der Waals surface area (Å²) in [6.45, 7) is 2.12. The van der Waals surface area contributed by atoms with Crippen LogP contribution in [0.15, 0.2) is 11.0 Å². The number of ether oxygens (including phenoxy) is 2. The van der Waals surface area contributed by atoms with Gasteiger partial charge in [-0.3, -0.25) is 0 Å². The number of carbonyl (C=O) groups excluding carboxylic acids is 1. The van der Waals surface area contributed by atoms with E-state index in [1.807, 2.05) is 0 Å². The number of esters is 1. The molecular weight excluding hydrogens is 295 g/mol. The van der Waals surface area contributed by atoms with Crippen LogP contribution in [0.2, 0.25) is 5.02 Å². The van der Waals surface area contributed by atoms with Gasteiger partial charge in [-0.2, -0.15) is 3.89 Å². The number of halogens is 2. The fourth-order valence-corrected chi connectivity index (χ4v) is 2.66. The zero-order valence-electron chi connectivity index (χ0n) is 10.1. The highest BCUT2D eigenvalue weighted by molar-refractivity contribution is 7.94. The molecule has 0 radical (unpaired) electrons. The van der Waals surface area contributed by atoms with Gasteiger partial charge in [0.2, 0.25) is 0 Å². The first-order chi connectivity index (χ1) is 9.10. The van der Waals surface area contributed by atoms with Gasteiger partial charge in [0.25, 0.3) is 0 Å². The number of fused-ring (bicyclic) bond motifs is 1. The van der Waals surface area contributed by atoms with Gasteiger partial charge >= 0.3 is 5.97 Å². The number of hydrogen-bond acceptors (Lipinski definition) is 5. The van der Waals surface area contributed by atoms with E-state index >= 15 is 0 Å². The summed E-state index contributed by atoms with van der Waals surface area (Å²) < 4.78 is 23.2. The Hall–Kier alpha value is -0.980. The third-order valence-corrected chi connectivity index (χ3v) is 3.64. The summed E-state index contributed by atoms with van der Waals surface area (Å²) in [6.07, 6.45) is -0.536. The second-order valence-electron chi connectivity index (χ2n) is 3.93. The maximum Gasteiger partial charge on any atom is 0.339 e. The van der Waals surface area contributed by atoms with Gasteiger partial charge in [-0.05, 0) is 13.0 Å². The topological polar surface area (TPSA) is 55.8 Å². The second kappa shape index (κ2) is 5.98. The molecule has 2 rings (SSSR count). The lowest BCUT2D eigenvalue weighted by Crippen LogP contribution is -2.17. The van der Waals surface area contributed by atoms with E-state index in [-0.39, 0.29) is 52.2 Å². The van der Waals surface area contributed by atoms with Crippen molar-refractivity contribution in [3.8, 4) is 5.75 Å². The van der Waals surface area contributed by atoms with Crippen LogP contribution < -0.4 is 4.74 Å². The third-order valence-electron chi connectivity index (χ3n) is 2.77. The predicted octanol–water partition coefficient (Wildman–Crippen LogP) is 3.31. The average Bonchev–Trinajstić information content (AvgIpc) is 2.39. The van der Waals surface area contributed by atoms with E-state index in [0.29, 0.717) is 6.42 Å². The van der Waals surface area contributed by atoms with Crippen LogP contribution in [-0.2, 0) is 4.74 Å². The van der Waals surface area contributed by atoms with Crippen LogP contribution in [0.3, 0.4) is 0 Å². The van der Waals surface area contributed by atoms with E-state index in [1.54, 1.807) is 6.92 Å². The molecule has 0 aliphatic carbocycles. The molecule has 7 heteroatoms. The molecule has 1 atom stereocenters. The normalized spacial score (nSPS) is 17.6. The van der Waals surface area contributed by atoms with Gasteiger partial charge in [0.15, 0.2) is 0 Å². The Morgan fingerprint density at radius 3 is 3.11 bits per heavy atom. The van der Waals surface area contributed by atoms with Crippen molar-refractivity contribution < 1.29 is 23.3 Å². The molecule has 1 aromatic rings. The molecule has 0 fully saturated rings. The lowest BCUT2D eigenvalue weighted by molar-refractivity contribution is 0.0525. The first-order valence-corrected chi connectivity index (χ1v) is 6.82. The molecule has 0 saturated heterocycles. The largest absolute Gasteiger partial charge is 0.492 e. The molecule has 0 saturated carbocycles. The fourth-order valence-electron chi connectivity index (χ4n) is 1.92. The molecule has 1 N–H and O–H groups in total. The smallest absolute Gasteiger partial charge is 0.339 e. The Morgan fingerprint density at radius 1 is 1.74 bits per heavy atom. The van der Waals surface area contributed by atoms with Gasteiger partial charge in [-0.1, -0.05) is 11.6 Å². The lowest BCUT2D eigenvalue weighted by atomic mass is 10.00. The number of carbonyl (C=O) groups is 1. The van der Waals surface area contributed by atoms with Crippen molar-refractivity contribution in [2.75, 3.05) is 13.2 Å². The van der Waals surface area contributed by atoms with Crippen LogP contribution in [0.1, 0.15) is 35.4 Å². The summed E-state index contributed by atoms with van der Waals surface area (Å²) in [5, 5.41) is 10.0. The Bertz CT molecular complexity index is 509.